The molecular weight excluding hydrogens is 226 g/mol. The van der Waals surface area contributed by atoms with Crippen LogP contribution >= 0.6 is 0 Å². The van der Waals surface area contributed by atoms with Crippen molar-refractivity contribution in [2.24, 2.45) is 0 Å². The van der Waals surface area contributed by atoms with Gasteiger partial charge in [0, 0.05) is 19.4 Å². The van der Waals surface area contributed by atoms with E-state index >= 15 is 0 Å². The zero-order valence-corrected chi connectivity index (χ0v) is 9.71. The Morgan fingerprint density at radius 2 is 2.41 bits per heavy atom. The van der Waals surface area contributed by atoms with E-state index in [1.807, 2.05) is 6.92 Å². The summed E-state index contributed by atoms with van der Waals surface area (Å²) in [6, 6.07) is 0.706. The number of hydrogen-bond acceptors (Lipinski definition) is 6. The monoisotopic (exact) mass is 241 g/mol. The van der Waals surface area contributed by atoms with Crippen LogP contribution in [-0.2, 0) is 9.53 Å². The van der Waals surface area contributed by atoms with Gasteiger partial charge in [0.1, 0.15) is 0 Å². The first-order valence-electron chi connectivity index (χ1n) is 5.11. The summed E-state index contributed by atoms with van der Waals surface area (Å²) in [7, 11) is 1.43. The number of carboxylic acids is 1. The molecule has 0 fully saturated rings. The number of carbonyl (C=O) groups is 1. The lowest BCUT2D eigenvalue weighted by atomic mass is 10.3. The molecule has 0 spiro atoms. The van der Waals surface area contributed by atoms with Crippen molar-refractivity contribution in [2.45, 2.75) is 13.0 Å². The summed E-state index contributed by atoms with van der Waals surface area (Å²) in [4.78, 5) is 18.8. The van der Waals surface area contributed by atoms with Crippen LogP contribution in [0.15, 0.2) is 12.3 Å². The van der Waals surface area contributed by atoms with Crippen molar-refractivity contribution in [2.75, 3.05) is 25.6 Å². The second-order valence-corrected chi connectivity index (χ2v) is 3.14. The molecule has 1 heterocycles. The molecule has 94 valence electrons. The predicted molar refractivity (Wildman–Crippen MR) is 60.1 cm³/mol. The number of ether oxygens (including phenoxy) is 2. The Bertz CT molecular complexity index is 372. The molecular formula is C10H15N3O4. The Balaban J connectivity index is 2.71. The van der Waals surface area contributed by atoms with E-state index in [1.165, 1.54) is 13.3 Å². The van der Waals surface area contributed by atoms with E-state index in [9.17, 15) is 4.79 Å². The summed E-state index contributed by atoms with van der Waals surface area (Å²) in [6.07, 6.45) is 1.49. The number of anilines is 1. The minimum Gasteiger partial charge on any atom is -0.480 e. The average Bonchev–Trinajstić information content (AvgIpc) is 2.29. The molecule has 0 amide bonds. The van der Waals surface area contributed by atoms with Crippen LogP contribution in [0.5, 0.6) is 5.88 Å². The van der Waals surface area contributed by atoms with E-state index < -0.39 is 12.0 Å². The smallest absolute Gasteiger partial charge is 0.328 e. The maximum Gasteiger partial charge on any atom is 0.328 e. The molecule has 0 saturated carbocycles. The molecule has 0 saturated heterocycles. The molecule has 0 radical (unpaired) electrons. The summed E-state index contributed by atoms with van der Waals surface area (Å²) in [5, 5.41) is 11.6. The number of methoxy groups -OCH3 is 1. The fourth-order valence-electron chi connectivity index (χ4n) is 1.14. The van der Waals surface area contributed by atoms with Crippen molar-refractivity contribution in [3.8, 4) is 5.88 Å². The Morgan fingerprint density at radius 1 is 1.65 bits per heavy atom. The van der Waals surface area contributed by atoms with Gasteiger partial charge in [-0.1, -0.05) is 0 Å². The van der Waals surface area contributed by atoms with Crippen molar-refractivity contribution in [3.63, 3.8) is 0 Å². The van der Waals surface area contributed by atoms with Crippen LogP contribution in [0.2, 0.25) is 0 Å². The van der Waals surface area contributed by atoms with E-state index in [1.54, 1.807) is 6.07 Å². The molecule has 0 bridgehead atoms. The van der Waals surface area contributed by atoms with Gasteiger partial charge in [-0.2, -0.15) is 4.98 Å². The quantitative estimate of drug-likeness (QED) is 0.713. The lowest BCUT2D eigenvalue weighted by Crippen LogP contribution is -2.34. The Kier molecular flexibility index (Phi) is 5.15. The van der Waals surface area contributed by atoms with Gasteiger partial charge >= 0.3 is 5.97 Å². The Labute approximate surface area is 98.8 Å². The van der Waals surface area contributed by atoms with Gasteiger partial charge in [0.25, 0.3) is 0 Å². The lowest BCUT2D eigenvalue weighted by molar-refractivity contribution is -0.139. The van der Waals surface area contributed by atoms with Gasteiger partial charge in [-0.05, 0) is 6.92 Å². The van der Waals surface area contributed by atoms with E-state index in [0.29, 0.717) is 12.5 Å². The second kappa shape index (κ2) is 6.64. The maximum absolute atomic E-state index is 10.9. The van der Waals surface area contributed by atoms with Crippen LogP contribution in [0.25, 0.3) is 0 Å². The van der Waals surface area contributed by atoms with Crippen molar-refractivity contribution in [1.29, 1.82) is 0 Å². The van der Waals surface area contributed by atoms with Crippen LogP contribution in [-0.4, -0.2) is 47.4 Å². The van der Waals surface area contributed by atoms with Gasteiger partial charge in [0.2, 0.25) is 11.8 Å². The fourth-order valence-corrected chi connectivity index (χ4v) is 1.14. The van der Waals surface area contributed by atoms with Gasteiger partial charge in [-0.25, -0.2) is 9.78 Å². The van der Waals surface area contributed by atoms with Crippen LogP contribution < -0.4 is 10.1 Å². The highest BCUT2D eigenvalue weighted by Gasteiger charge is 2.18. The molecule has 1 rings (SSSR count). The van der Waals surface area contributed by atoms with E-state index in [2.05, 4.69) is 15.3 Å². The van der Waals surface area contributed by atoms with Crippen LogP contribution in [0.1, 0.15) is 6.92 Å². The summed E-state index contributed by atoms with van der Waals surface area (Å²) in [5.41, 5.74) is 0. The largest absolute Gasteiger partial charge is 0.480 e. The van der Waals surface area contributed by atoms with Crippen LogP contribution in [0.4, 0.5) is 5.95 Å². The van der Waals surface area contributed by atoms with Crippen molar-refractivity contribution in [1.82, 2.24) is 9.97 Å². The minimum absolute atomic E-state index is 0.0254. The standard InChI is InChI=1S/C10H15N3O4/c1-3-17-8-4-5-11-10(13-8)12-7(6-16-2)9(14)15/h4-5,7H,3,6H2,1-2H3,(H,14,15)(H,11,12,13). The summed E-state index contributed by atoms with van der Waals surface area (Å²) >= 11 is 0. The molecule has 0 aliphatic carbocycles. The van der Waals surface area contributed by atoms with Gasteiger partial charge < -0.3 is 19.9 Å². The number of aliphatic carboxylic acids is 1. The van der Waals surface area contributed by atoms with Gasteiger partial charge in [0.15, 0.2) is 6.04 Å². The van der Waals surface area contributed by atoms with Crippen molar-refractivity contribution < 1.29 is 19.4 Å². The first-order chi connectivity index (χ1) is 8.17. The summed E-state index contributed by atoms with van der Waals surface area (Å²) < 4.78 is 9.96. The van der Waals surface area contributed by atoms with E-state index in [-0.39, 0.29) is 12.6 Å². The van der Waals surface area contributed by atoms with Gasteiger partial charge in [-0.3, -0.25) is 0 Å². The highest BCUT2D eigenvalue weighted by molar-refractivity contribution is 5.76. The molecule has 7 heteroatoms. The lowest BCUT2D eigenvalue weighted by Gasteiger charge is -2.13. The molecule has 1 atom stereocenters. The number of carboxylic acid groups (broad SMARTS) is 1. The molecule has 0 aliphatic rings. The highest BCUT2D eigenvalue weighted by atomic mass is 16.5. The third-order valence-electron chi connectivity index (χ3n) is 1.86. The zero-order valence-electron chi connectivity index (χ0n) is 9.71. The molecule has 1 aromatic heterocycles. The first-order valence-corrected chi connectivity index (χ1v) is 5.11. The average molecular weight is 241 g/mol. The molecule has 1 aromatic rings. The number of nitrogens with zero attached hydrogens (tertiary/aromatic N) is 2. The highest BCUT2D eigenvalue weighted by Crippen LogP contribution is 2.09. The van der Waals surface area contributed by atoms with Crippen LogP contribution in [0.3, 0.4) is 0 Å². The predicted octanol–water partition coefficient (Wildman–Crippen LogP) is 0.387. The fraction of sp³-hybridized carbons (Fsp3) is 0.500. The van der Waals surface area contributed by atoms with E-state index in [4.69, 9.17) is 14.6 Å². The number of rotatable bonds is 7. The third kappa shape index (κ3) is 4.23. The van der Waals surface area contributed by atoms with Crippen molar-refractivity contribution in [3.05, 3.63) is 12.3 Å². The maximum atomic E-state index is 10.9. The zero-order chi connectivity index (χ0) is 12.7. The topological polar surface area (TPSA) is 93.6 Å². The van der Waals surface area contributed by atoms with Crippen molar-refractivity contribution >= 4 is 11.9 Å². The molecule has 1 unspecified atom stereocenters. The molecule has 0 aromatic carbocycles. The second-order valence-electron chi connectivity index (χ2n) is 3.14. The van der Waals surface area contributed by atoms with Crippen LogP contribution in [0, 0.1) is 0 Å². The SMILES string of the molecule is CCOc1ccnc(NC(COC)C(=O)O)n1. The minimum atomic E-state index is -1.03. The normalized spacial score (nSPS) is 11.9. The van der Waals surface area contributed by atoms with Gasteiger partial charge in [-0.15, -0.1) is 0 Å². The number of hydrogen-bond donors (Lipinski definition) is 2. The number of aromatic nitrogens is 2. The van der Waals surface area contributed by atoms with Gasteiger partial charge in [0.05, 0.1) is 13.2 Å². The summed E-state index contributed by atoms with van der Waals surface area (Å²) in [5.74, 6) is -0.441. The Hall–Kier alpha value is -1.89. The molecule has 17 heavy (non-hydrogen) atoms. The summed E-state index contributed by atoms with van der Waals surface area (Å²) in [6.45, 7) is 2.34. The van der Waals surface area contributed by atoms with E-state index in [0.717, 1.165) is 0 Å². The first kappa shape index (κ1) is 13.2. The molecule has 0 aliphatic heterocycles. The Morgan fingerprint density at radius 3 is 3.00 bits per heavy atom. The third-order valence-corrected chi connectivity index (χ3v) is 1.86. The molecule has 7 nitrogen and oxygen atoms in total. The number of nitrogens with one attached hydrogen (secondary N) is 1. The molecule has 2 N–H and O–H groups in total.